The lowest BCUT2D eigenvalue weighted by molar-refractivity contribution is -0.385. The standard InChI is InChI=1S/C22H20ClN5O6S2.C2HF3O2/c23-16-2-1-3-18(28(30)31)20(16)34-14-4-6-15(7-5-14)36(32,33)26-17-8-9-27(22(17)29)11-13-10-19(21(24)25)35-12-13;3-2(4,5)1(6)7/h1-7,10,12,17,26H,8-9,11H2,(H3,24,25);(H,6,7)/t17-;/m0./s1. The molecule has 43 heavy (non-hydrogen) atoms. The molecular formula is C24H21ClF3N5O8S2. The molecule has 0 aliphatic carbocycles. The van der Waals surface area contributed by atoms with Crippen molar-refractivity contribution in [1.82, 2.24) is 9.62 Å². The lowest BCUT2D eigenvalue weighted by Gasteiger charge is -2.16. The molecule has 4 rings (SSSR count). The molecule has 1 atom stereocenters. The van der Waals surface area contributed by atoms with Crippen molar-refractivity contribution >= 4 is 56.4 Å². The summed E-state index contributed by atoms with van der Waals surface area (Å²) < 4.78 is 65.5. The van der Waals surface area contributed by atoms with Crippen molar-refractivity contribution in [3.8, 4) is 11.5 Å². The van der Waals surface area contributed by atoms with E-state index in [2.05, 4.69) is 4.72 Å². The molecule has 19 heteroatoms. The number of halogens is 4. The number of aliphatic carboxylic acids is 1. The molecule has 0 bridgehead atoms. The number of thiophene rings is 1. The van der Waals surface area contributed by atoms with Gasteiger partial charge in [0.2, 0.25) is 21.7 Å². The Morgan fingerprint density at radius 2 is 1.91 bits per heavy atom. The third-order valence-electron chi connectivity index (χ3n) is 5.63. The van der Waals surface area contributed by atoms with Crippen LogP contribution in [-0.4, -0.2) is 59.8 Å². The zero-order valence-electron chi connectivity index (χ0n) is 21.5. The van der Waals surface area contributed by atoms with Gasteiger partial charge in [0, 0.05) is 19.2 Å². The molecule has 2 aromatic carbocycles. The van der Waals surface area contributed by atoms with Gasteiger partial charge in [-0.2, -0.15) is 17.9 Å². The summed E-state index contributed by atoms with van der Waals surface area (Å²) in [4.78, 5) is 34.3. The van der Waals surface area contributed by atoms with E-state index in [9.17, 15) is 36.5 Å². The summed E-state index contributed by atoms with van der Waals surface area (Å²) in [7, 11) is -4.03. The average molecular weight is 664 g/mol. The summed E-state index contributed by atoms with van der Waals surface area (Å²) in [5, 5.41) is 27.7. The van der Waals surface area contributed by atoms with Gasteiger partial charge in [-0.05, 0) is 53.8 Å². The van der Waals surface area contributed by atoms with Crippen LogP contribution >= 0.6 is 22.9 Å². The molecule has 1 aromatic heterocycles. The number of alkyl halides is 3. The van der Waals surface area contributed by atoms with Crippen molar-refractivity contribution < 1.29 is 45.9 Å². The third kappa shape index (κ3) is 8.63. The normalized spacial score (nSPS) is 15.0. The number of nitrogens with two attached hydrogens (primary N) is 1. The number of para-hydroxylation sites is 1. The summed E-state index contributed by atoms with van der Waals surface area (Å²) in [6.07, 6.45) is -4.78. The van der Waals surface area contributed by atoms with Gasteiger partial charge in [0.1, 0.15) is 17.6 Å². The Morgan fingerprint density at radius 3 is 2.44 bits per heavy atom. The maximum Gasteiger partial charge on any atom is 0.490 e. The van der Waals surface area contributed by atoms with Crippen LogP contribution in [0.4, 0.5) is 18.9 Å². The number of nitrogen functional groups attached to an aromatic ring is 1. The zero-order chi connectivity index (χ0) is 32.1. The second kappa shape index (κ2) is 13.4. The molecule has 5 N–H and O–H groups in total. The number of nitrogens with one attached hydrogen (secondary N) is 2. The lowest BCUT2D eigenvalue weighted by Crippen LogP contribution is -2.41. The van der Waals surface area contributed by atoms with Crippen LogP contribution in [0, 0.1) is 15.5 Å². The van der Waals surface area contributed by atoms with Crippen molar-refractivity contribution in [2.45, 2.75) is 30.1 Å². The number of nitro groups is 1. The number of amides is 1. The number of carboxylic acid groups (broad SMARTS) is 1. The smallest absolute Gasteiger partial charge is 0.475 e. The van der Waals surface area contributed by atoms with E-state index in [1.807, 2.05) is 5.38 Å². The maximum atomic E-state index is 12.9. The number of sulfonamides is 1. The van der Waals surface area contributed by atoms with E-state index < -0.39 is 33.1 Å². The molecule has 3 aromatic rings. The molecule has 0 unspecified atom stereocenters. The van der Waals surface area contributed by atoms with Crippen LogP contribution in [-0.2, 0) is 26.2 Å². The highest BCUT2D eigenvalue weighted by molar-refractivity contribution is 7.89. The SMILES string of the molecule is N=C(N)c1cc(CN2CC[C@H](NS(=O)(=O)c3ccc(Oc4c(Cl)cccc4[N+](=O)[O-])cc3)C2=O)cs1.O=C(O)C(F)(F)F. The van der Waals surface area contributed by atoms with Crippen molar-refractivity contribution in [3.05, 3.63) is 79.5 Å². The van der Waals surface area contributed by atoms with Gasteiger partial charge in [0.05, 0.1) is 19.7 Å². The number of hydrogen-bond donors (Lipinski definition) is 4. The topological polar surface area (TPSA) is 206 Å². The molecule has 0 spiro atoms. The van der Waals surface area contributed by atoms with Gasteiger partial charge in [0.25, 0.3) is 0 Å². The molecular weight excluding hydrogens is 643 g/mol. The summed E-state index contributed by atoms with van der Waals surface area (Å²) in [6.45, 7) is 0.668. The first-order chi connectivity index (χ1) is 20.0. The Balaban J connectivity index is 0.000000646. The first-order valence-corrected chi connectivity index (χ1v) is 14.5. The van der Waals surface area contributed by atoms with Crippen molar-refractivity contribution in [2.24, 2.45) is 5.73 Å². The first kappa shape index (κ1) is 33.2. The van der Waals surface area contributed by atoms with E-state index >= 15 is 0 Å². The number of carboxylic acids is 1. The Morgan fingerprint density at radius 1 is 1.28 bits per heavy atom. The summed E-state index contributed by atoms with van der Waals surface area (Å²) in [5.41, 5.74) is 5.97. The van der Waals surface area contributed by atoms with E-state index in [-0.39, 0.29) is 38.8 Å². The van der Waals surface area contributed by atoms with E-state index in [1.54, 1.807) is 11.0 Å². The average Bonchev–Trinajstić information content (AvgIpc) is 3.52. The number of benzene rings is 2. The summed E-state index contributed by atoms with van der Waals surface area (Å²) in [6, 6.07) is 10.1. The van der Waals surface area contributed by atoms with Crippen LogP contribution in [0.2, 0.25) is 5.02 Å². The number of nitro benzene ring substituents is 1. The highest BCUT2D eigenvalue weighted by Gasteiger charge is 2.38. The van der Waals surface area contributed by atoms with Crippen molar-refractivity contribution in [2.75, 3.05) is 6.54 Å². The van der Waals surface area contributed by atoms with Crippen molar-refractivity contribution in [3.63, 3.8) is 0 Å². The number of ether oxygens (including phenoxy) is 1. The fourth-order valence-corrected chi connectivity index (χ4v) is 5.83. The van der Waals surface area contributed by atoms with Crippen molar-refractivity contribution in [1.29, 1.82) is 5.41 Å². The summed E-state index contributed by atoms with van der Waals surface area (Å²) in [5.74, 6) is -3.16. The van der Waals surface area contributed by atoms with Gasteiger partial charge in [-0.25, -0.2) is 13.2 Å². The third-order valence-corrected chi connectivity index (χ3v) is 8.42. The van der Waals surface area contributed by atoms with E-state index in [0.29, 0.717) is 24.4 Å². The number of nitrogens with zero attached hydrogens (tertiary/aromatic N) is 2. The lowest BCUT2D eigenvalue weighted by atomic mass is 10.3. The number of amidine groups is 1. The second-order valence-corrected chi connectivity index (χ2v) is 11.7. The Bertz CT molecular complexity index is 1650. The highest BCUT2D eigenvalue weighted by Crippen LogP contribution is 2.38. The second-order valence-electron chi connectivity index (χ2n) is 8.68. The maximum absolute atomic E-state index is 12.9. The van der Waals surface area contributed by atoms with Gasteiger partial charge >= 0.3 is 17.8 Å². The van der Waals surface area contributed by atoms with Crippen LogP contribution in [0.25, 0.3) is 0 Å². The highest BCUT2D eigenvalue weighted by atomic mass is 35.5. The fraction of sp³-hybridized carbons (Fsp3) is 0.208. The van der Waals surface area contributed by atoms with Gasteiger partial charge < -0.3 is 20.5 Å². The Labute approximate surface area is 250 Å². The fourth-order valence-electron chi connectivity index (χ4n) is 3.63. The zero-order valence-corrected chi connectivity index (χ0v) is 23.9. The predicted molar refractivity (Wildman–Crippen MR) is 148 cm³/mol. The van der Waals surface area contributed by atoms with Gasteiger partial charge in [0.15, 0.2) is 0 Å². The van der Waals surface area contributed by atoms with Crippen LogP contribution in [0.3, 0.4) is 0 Å². The molecule has 0 radical (unpaired) electrons. The number of hydrogen-bond acceptors (Lipinski definition) is 9. The van der Waals surface area contributed by atoms with Crippen LogP contribution in [0.5, 0.6) is 11.5 Å². The molecule has 230 valence electrons. The monoisotopic (exact) mass is 663 g/mol. The van der Waals surface area contributed by atoms with Gasteiger partial charge in [-0.15, -0.1) is 11.3 Å². The van der Waals surface area contributed by atoms with Gasteiger partial charge in [-0.1, -0.05) is 17.7 Å². The number of rotatable bonds is 9. The van der Waals surface area contributed by atoms with E-state index in [0.717, 1.165) is 5.56 Å². The molecule has 1 aliphatic rings. The molecule has 1 amide bonds. The minimum Gasteiger partial charge on any atom is -0.475 e. The molecule has 1 saturated heterocycles. The predicted octanol–water partition coefficient (Wildman–Crippen LogP) is 4.10. The number of likely N-dealkylation sites (tertiary alicyclic amines) is 1. The minimum absolute atomic E-state index is 0.0341. The van der Waals surface area contributed by atoms with Crippen LogP contribution < -0.4 is 15.2 Å². The quantitative estimate of drug-likeness (QED) is 0.112. The number of carbonyl (C=O) groups is 2. The van der Waals surface area contributed by atoms with Crippen LogP contribution in [0.1, 0.15) is 16.9 Å². The molecule has 2 heterocycles. The Hall–Kier alpha value is -4.26. The first-order valence-electron chi connectivity index (χ1n) is 11.7. The Kier molecular flexibility index (Phi) is 10.3. The van der Waals surface area contributed by atoms with E-state index in [4.69, 9.17) is 37.4 Å². The molecule has 1 aliphatic heterocycles. The molecule has 0 saturated carbocycles. The van der Waals surface area contributed by atoms with E-state index in [1.165, 1.54) is 53.8 Å². The largest absolute Gasteiger partial charge is 0.490 e. The summed E-state index contributed by atoms with van der Waals surface area (Å²) >= 11 is 7.33. The van der Waals surface area contributed by atoms with Gasteiger partial charge in [-0.3, -0.25) is 20.3 Å². The minimum atomic E-state index is -5.08. The molecule has 13 nitrogen and oxygen atoms in total. The molecule has 1 fully saturated rings. The van der Waals surface area contributed by atoms with Crippen LogP contribution in [0.15, 0.2) is 58.8 Å². The number of carbonyl (C=O) groups excluding carboxylic acids is 1.